The Bertz CT molecular complexity index is 638. The van der Waals surface area contributed by atoms with Gasteiger partial charge in [-0.05, 0) is 56.0 Å². The zero-order valence-electron chi connectivity index (χ0n) is 15.4. The summed E-state index contributed by atoms with van der Waals surface area (Å²) in [6, 6.07) is 7.03. The van der Waals surface area contributed by atoms with Gasteiger partial charge < -0.3 is 15.1 Å². The summed E-state index contributed by atoms with van der Waals surface area (Å²) in [7, 11) is 0. The molecule has 1 atom stereocenters. The number of carbonyl (C=O) groups is 2. The number of nitrogens with zero attached hydrogens (tertiary/aromatic N) is 2. The van der Waals surface area contributed by atoms with E-state index in [0.29, 0.717) is 55.0 Å². The van der Waals surface area contributed by atoms with Gasteiger partial charge >= 0.3 is 0 Å². The van der Waals surface area contributed by atoms with Gasteiger partial charge in [0.1, 0.15) is 0 Å². The average molecular weight is 378 g/mol. The maximum Gasteiger partial charge on any atom is 0.254 e. The molecule has 1 N–H and O–H groups in total. The van der Waals surface area contributed by atoms with Crippen LogP contribution >= 0.6 is 11.6 Å². The van der Waals surface area contributed by atoms with E-state index < -0.39 is 0 Å². The lowest BCUT2D eigenvalue weighted by Crippen LogP contribution is -2.51. The average Bonchev–Trinajstić information content (AvgIpc) is 2.68. The largest absolute Gasteiger partial charge is 0.339 e. The summed E-state index contributed by atoms with van der Waals surface area (Å²) in [5.74, 6) is 1.29. The number of piperidine rings is 1. The lowest BCUT2D eigenvalue weighted by atomic mass is 9.84. The maximum atomic E-state index is 12.6. The van der Waals surface area contributed by atoms with Crippen LogP contribution in [0.2, 0.25) is 5.02 Å². The molecule has 0 saturated carbocycles. The van der Waals surface area contributed by atoms with Crippen LogP contribution in [0.15, 0.2) is 24.3 Å². The van der Waals surface area contributed by atoms with Crippen LogP contribution in [0.25, 0.3) is 0 Å². The van der Waals surface area contributed by atoms with Gasteiger partial charge in [0.2, 0.25) is 5.91 Å². The van der Waals surface area contributed by atoms with E-state index in [-0.39, 0.29) is 11.8 Å². The minimum atomic E-state index is -0.0114. The standard InChI is InChI=1S/C20H28ClN3O2/c1-15(16-5-7-22-8-6-16)13-19(25)23-9-11-24(12-10-23)20(26)17-3-2-4-18(21)14-17/h2-4,14-16,22H,5-13H2,1H3. The molecule has 142 valence electrons. The molecule has 3 rings (SSSR count). The van der Waals surface area contributed by atoms with Gasteiger partial charge in [-0.15, -0.1) is 0 Å². The third-order valence-electron chi connectivity index (χ3n) is 5.68. The van der Waals surface area contributed by atoms with Crippen LogP contribution in [0.1, 0.15) is 36.5 Å². The number of carbonyl (C=O) groups excluding carboxylic acids is 2. The van der Waals surface area contributed by atoms with Gasteiger partial charge in [0.15, 0.2) is 0 Å². The molecule has 2 amide bonds. The fourth-order valence-corrected chi connectivity index (χ4v) is 4.14. The van der Waals surface area contributed by atoms with Crippen molar-refractivity contribution in [2.45, 2.75) is 26.2 Å². The molecule has 2 aliphatic rings. The van der Waals surface area contributed by atoms with Gasteiger partial charge in [0.05, 0.1) is 0 Å². The molecule has 2 saturated heterocycles. The monoisotopic (exact) mass is 377 g/mol. The van der Waals surface area contributed by atoms with Gasteiger partial charge in [-0.25, -0.2) is 0 Å². The summed E-state index contributed by atoms with van der Waals surface area (Å²) >= 11 is 5.98. The number of nitrogens with one attached hydrogen (secondary N) is 1. The minimum absolute atomic E-state index is 0.0114. The van der Waals surface area contributed by atoms with Crippen molar-refractivity contribution in [2.24, 2.45) is 11.8 Å². The summed E-state index contributed by atoms with van der Waals surface area (Å²) in [5.41, 5.74) is 0.608. The van der Waals surface area contributed by atoms with Crippen molar-refractivity contribution in [3.05, 3.63) is 34.9 Å². The summed E-state index contributed by atoms with van der Waals surface area (Å²) < 4.78 is 0. The van der Waals surface area contributed by atoms with Crippen LogP contribution in [0.4, 0.5) is 0 Å². The molecule has 1 aromatic carbocycles. The zero-order valence-corrected chi connectivity index (χ0v) is 16.2. The predicted molar refractivity (Wildman–Crippen MR) is 103 cm³/mol. The van der Waals surface area contributed by atoms with E-state index in [1.54, 1.807) is 24.3 Å². The van der Waals surface area contributed by atoms with Crippen molar-refractivity contribution < 1.29 is 9.59 Å². The molecule has 6 heteroatoms. The van der Waals surface area contributed by atoms with E-state index in [1.807, 2.05) is 9.80 Å². The van der Waals surface area contributed by atoms with E-state index in [1.165, 1.54) is 0 Å². The Morgan fingerprint density at radius 2 is 1.81 bits per heavy atom. The van der Waals surface area contributed by atoms with Crippen LogP contribution in [0.5, 0.6) is 0 Å². The number of halogens is 1. The number of rotatable bonds is 4. The van der Waals surface area contributed by atoms with Crippen LogP contribution in [0, 0.1) is 11.8 Å². The molecule has 2 fully saturated rings. The summed E-state index contributed by atoms with van der Waals surface area (Å²) in [4.78, 5) is 28.9. The van der Waals surface area contributed by atoms with Gasteiger partial charge in [-0.1, -0.05) is 24.6 Å². The van der Waals surface area contributed by atoms with Gasteiger partial charge in [0, 0.05) is 43.2 Å². The molecule has 26 heavy (non-hydrogen) atoms. The first kappa shape index (κ1) is 19.2. The summed E-state index contributed by atoms with van der Waals surface area (Å²) in [6.45, 7) is 6.72. The van der Waals surface area contributed by atoms with Crippen molar-refractivity contribution in [1.82, 2.24) is 15.1 Å². The maximum absolute atomic E-state index is 12.6. The fourth-order valence-electron chi connectivity index (χ4n) is 3.95. The second-order valence-electron chi connectivity index (χ2n) is 7.45. The smallest absolute Gasteiger partial charge is 0.254 e. The molecule has 0 aromatic heterocycles. The molecular formula is C20H28ClN3O2. The molecular weight excluding hydrogens is 350 g/mol. The molecule has 0 aliphatic carbocycles. The summed E-state index contributed by atoms with van der Waals surface area (Å²) in [6.07, 6.45) is 2.94. The lowest BCUT2D eigenvalue weighted by Gasteiger charge is -2.36. The molecule has 2 heterocycles. The predicted octanol–water partition coefficient (Wildman–Crippen LogP) is 2.65. The van der Waals surface area contributed by atoms with Crippen molar-refractivity contribution in [2.75, 3.05) is 39.3 Å². The Morgan fingerprint density at radius 1 is 1.15 bits per heavy atom. The van der Waals surface area contributed by atoms with Crippen LogP contribution in [0.3, 0.4) is 0 Å². The topological polar surface area (TPSA) is 52.7 Å². The SMILES string of the molecule is CC(CC(=O)N1CCN(C(=O)c2cccc(Cl)c2)CC1)C1CCNCC1. The van der Waals surface area contributed by atoms with E-state index in [0.717, 1.165) is 25.9 Å². The Hall–Kier alpha value is -1.59. The molecule has 1 unspecified atom stereocenters. The van der Waals surface area contributed by atoms with Gasteiger partial charge in [0.25, 0.3) is 5.91 Å². The normalized spacial score (nSPS) is 20.1. The first-order valence-corrected chi connectivity index (χ1v) is 9.95. The number of amides is 2. The van der Waals surface area contributed by atoms with Gasteiger partial charge in [-0.3, -0.25) is 9.59 Å². The third kappa shape index (κ3) is 4.77. The second kappa shape index (κ2) is 8.87. The molecule has 5 nitrogen and oxygen atoms in total. The Balaban J connectivity index is 1.48. The fraction of sp³-hybridized carbons (Fsp3) is 0.600. The molecule has 1 aromatic rings. The highest BCUT2D eigenvalue weighted by atomic mass is 35.5. The molecule has 2 aliphatic heterocycles. The Labute approximate surface area is 160 Å². The summed E-state index contributed by atoms with van der Waals surface area (Å²) in [5, 5.41) is 3.94. The van der Waals surface area contributed by atoms with E-state index in [9.17, 15) is 9.59 Å². The minimum Gasteiger partial charge on any atom is -0.339 e. The van der Waals surface area contributed by atoms with Crippen molar-refractivity contribution >= 4 is 23.4 Å². The van der Waals surface area contributed by atoms with E-state index >= 15 is 0 Å². The second-order valence-corrected chi connectivity index (χ2v) is 7.89. The number of piperazine rings is 1. The molecule has 0 radical (unpaired) electrons. The van der Waals surface area contributed by atoms with Crippen LogP contribution in [-0.2, 0) is 4.79 Å². The quantitative estimate of drug-likeness (QED) is 0.877. The number of hydrogen-bond donors (Lipinski definition) is 1. The first-order valence-electron chi connectivity index (χ1n) is 9.58. The van der Waals surface area contributed by atoms with Crippen LogP contribution < -0.4 is 5.32 Å². The van der Waals surface area contributed by atoms with E-state index in [4.69, 9.17) is 11.6 Å². The first-order chi connectivity index (χ1) is 12.5. The molecule has 0 bridgehead atoms. The van der Waals surface area contributed by atoms with Crippen molar-refractivity contribution in [1.29, 1.82) is 0 Å². The van der Waals surface area contributed by atoms with Crippen molar-refractivity contribution in [3.63, 3.8) is 0 Å². The zero-order chi connectivity index (χ0) is 18.5. The highest BCUT2D eigenvalue weighted by Gasteiger charge is 2.28. The third-order valence-corrected chi connectivity index (χ3v) is 5.91. The number of hydrogen-bond acceptors (Lipinski definition) is 3. The van der Waals surface area contributed by atoms with Crippen molar-refractivity contribution in [3.8, 4) is 0 Å². The lowest BCUT2D eigenvalue weighted by molar-refractivity contribution is -0.134. The highest BCUT2D eigenvalue weighted by Crippen LogP contribution is 2.25. The number of benzene rings is 1. The van der Waals surface area contributed by atoms with E-state index in [2.05, 4.69) is 12.2 Å². The van der Waals surface area contributed by atoms with Crippen LogP contribution in [-0.4, -0.2) is 60.9 Å². The molecule has 0 spiro atoms. The Kier molecular flexibility index (Phi) is 6.54. The Morgan fingerprint density at radius 3 is 2.46 bits per heavy atom. The highest BCUT2D eigenvalue weighted by molar-refractivity contribution is 6.30. The van der Waals surface area contributed by atoms with Gasteiger partial charge in [-0.2, -0.15) is 0 Å².